The maximum absolute atomic E-state index is 4.51. The molecule has 0 fully saturated rings. The molecule has 0 unspecified atom stereocenters. The third-order valence-corrected chi connectivity index (χ3v) is 4.00. The van der Waals surface area contributed by atoms with Gasteiger partial charge in [0, 0.05) is 6.54 Å². The highest BCUT2D eigenvalue weighted by Gasteiger charge is 1.94. The summed E-state index contributed by atoms with van der Waals surface area (Å²) in [6.07, 6.45) is 23.4. The van der Waals surface area contributed by atoms with Gasteiger partial charge in [-0.15, -0.1) is 0 Å². The first-order valence-corrected chi connectivity index (χ1v) is 8.48. The molecular formula is C17H33N. The van der Waals surface area contributed by atoms with Crippen LogP contribution in [0.15, 0.2) is 4.99 Å². The van der Waals surface area contributed by atoms with Crippen LogP contribution in [0.5, 0.6) is 0 Å². The number of nitrogens with zero attached hydrogens (tertiary/aromatic N) is 1. The maximum Gasteiger partial charge on any atom is 0.0385 e. The second-order valence-corrected chi connectivity index (χ2v) is 5.83. The molecule has 0 radical (unpaired) electrons. The Hall–Kier alpha value is -0.330. The maximum atomic E-state index is 4.51. The van der Waals surface area contributed by atoms with Crippen LogP contribution in [0.25, 0.3) is 0 Å². The molecule has 1 nitrogen and oxygen atoms in total. The van der Waals surface area contributed by atoms with Crippen molar-refractivity contribution in [1.29, 1.82) is 0 Å². The molecule has 1 aliphatic rings. The third kappa shape index (κ3) is 10.8. The van der Waals surface area contributed by atoms with Crippen molar-refractivity contribution < 1.29 is 0 Å². The molecule has 1 heteroatoms. The van der Waals surface area contributed by atoms with E-state index >= 15 is 0 Å². The first-order valence-electron chi connectivity index (χ1n) is 8.48. The second kappa shape index (κ2) is 13.1. The lowest BCUT2D eigenvalue weighted by atomic mass is 10.0. The normalized spacial score (nSPS) is 23.1. The highest BCUT2D eigenvalue weighted by molar-refractivity contribution is 5.56. The van der Waals surface area contributed by atoms with Crippen molar-refractivity contribution in [2.24, 2.45) is 4.99 Å². The van der Waals surface area contributed by atoms with E-state index in [2.05, 4.69) is 11.2 Å². The summed E-state index contributed by atoms with van der Waals surface area (Å²) in [5.74, 6) is 0. The van der Waals surface area contributed by atoms with Gasteiger partial charge >= 0.3 is 0 Å². The van der Waals surface area contributed by atoms with E-state index in [4.69, 9.17) is 0 Å². The van der Waals surface area contributed by atoms with Crippen LogP contribution < -0.4 is 0 Å². The van der Waals surface area contributed by atoms with Crippen molar-refractivity contribution in [2.45, 2.75) is 96.3 Å². The van der Waals surface area contributed by atoms with Gasteiger partial charge in [0.15, 0.2) is 0 Å². The molecule has 0 aromatic heterocycles. The molecule has 0 aromatic carbocycles. The van der Waals surface area contributed by atoms with Crippen LogP contribution in [0.4, 0.5) is 0 Å². The Morgan fingerprint density at radius 1 is 0.444 bits per heavy atom. The van der Waals surface area contributed by atoms with Crippen molar-refractivity contribution in [3.8, 4) is 0 Å². The molecular weight excluding hydrogens is 218 g/mol. The first-order chi connectivity index (χ1) is 9.00. The monoisotopic (exact) mass is 251 g/mol. The fourth-order valence-electron chi connectivity index (χ4n) is 2.74. The van der Waals surface area contributed by atoms with Crippen molar-refractivity contribution in [3.63, 3.8) is 0 Å². The summed E-state index contributed by atoms with van der Waals surface area (Å²) in [5, 5.41) is 0. The van der Waals surface area contributed by atoms with Crippen LogP contribution in [0.2, 0.25) is 0 Å². The molecule has 0 atom stereocenters. The lowest BCUT2D eigenvalue weighted by molar-refractivity contribution is 0.534. The topological polar surface area (TPSA) is 12.4 Å². The van der Waals surface area contributed by atoms with Crippen LogP contribution >= 0.6 is 0 Å². The van der Waals surface area contributed by atoms with Crippen molar-refractivity contribution in [2.75, 3.05) is 6.54 Å². The van der Waals surface area contributed by atoms with Crippen LogP contribution in [0.3, 0.4) is 0 Å². The van der Waals surface area contributed by atoms with Gasteiger partial charge in [0.05, 0.1) is 0 Å². The van der Waals surface area contributed by atoms with E-state index in [-0.39, 0.29) is 0 Å². The van der Waals surface area contributed by atoms with Crippen LogP contribution in [0, 0.1) is 0 Å². The van der Waals surface area contributed by atoms with Crippen LogP contribution in [-0.2, 0) is 0 Å². The van der Waals surface area contributed by atoms with Crippen LogP contribution in [-0.4, -0.2) is 12.8 Å². The minimum Gasteiger partial charge on any atom is -0.298 e. The number of aliphatic imine (C=N–C) groups is 1. The zero-order chi connectivity index (χ0) is 12.7. The SMILES string of the molecule is C1=NCCCCCCCCCCCCCCCC1. The average Bonchev–Trinajstić information content (AvgIpc) is 2.39. The Kier molecular flexibility index (Phi) is 11.5. The second-order valence-electron chi connectivity index (χ2n) is 5.83. The lowest BCUT2D eigenvalue weighted by Gasteiger charge is -2.03. The molecule has 0 saturated heterocycles. The van der Waals surface area contributed by atoms with Gasteiger partial charge in [-0.1, -0.05) is 77.0 Å². The Morgan fingerprint density at radius 3 is 1.33 bits per heavy atom. The van der Waals surface area contributed by atoms with Gasteiger partial charge in [0.25, 0.3) is 0 Å². The van der Waals surface area contributed by atoms with Crippen molar-refractivity contribution in [3.05, 3.63) is 0 Å². The van der Waals surface area contributed by atoms with Gasteiger partial charge in [-0.3, -0.25) is 4.99 Å². The third-order valence-electron chi connectivity index (χ3n) is 4.00. The van der Waals surface area contributed by atoms with E-state index < -0.39 is 0 Å². The van der Waals surface area contributed by atoms with E-state index in [1.54, 1.807) is 0 Å². The summed E-state index contributed by atoms with van der Waals surface area (Å²) in [6.45, 7) is 1.07. The molecule has 0 aromatic rings. The quantitative estimate of drug-likeness (QED) is 0.506. The Morgan fingerprint density at radius 2 is 0.833 bits per heavy atom. The van der Waals surface area contributed by atoms with Gasteiger partial charge in [0.2, 0.25) is 0 Å². The van der Waals surface area contributed by atoms with E-state index in [9.17, 15) is 0 Å². The molecule has 18 heavy (non-hydrogen) atoms. The van der Waals surface area contributed by atoms with Gasteiger partial charge in [-0.25, -0.2) is 0 Å². The van der Waals surface area contributed by atoms with Crippen LogP contribution in [0.1, 0.15) is 96.3 Å². The lowest BCUT2D eigenvalue weighted by Crippen LogP contribution is -1.87. The number of hydrogen-bond acceptors (Lipinski definition) is 1. The predicted molar refractivity (Wildman–Crippen MR) is 82.6 cm³/mol. The van der Waals surface area contributed by atoms with Gasteiger partial charge < -0.3 is 0 Å². The summed E-state index contributed by atoms with van der Waals surface area (Å²) in [6, 6.07) is 0. The number of rotatable bonds is 0. The highest BCUT2D eigenvalue weighted by Crippen LogP contribution is 2.13. The predicted octanol–water partition coefficient (Wildman–Crippen LogP) is 5.92. The zero-order valence-corrected chi connectivity index (χ0v) is 12.3. The molecule has 1 rings (SSSR count). The minimum atomic E-state index is 1.07. The molecule has 0 spiro atoms. The van der Waals surface area contributed by atoms with Crippen molar-refractivity contribution >= 4 is 6.21 Å². The van der Waals surface area contributed by atoms with Gasteiger partial charge in [0.1, 0.15) is 0 Å². The summed E-state index contributed by atoms with van der Waals surface area (Å²) >= 11 is 0. The molecule has 0 aliphatic carbocycles. The first kappa shape index (κ1) is 15.7. The molecule has 0 amide bonds. The van der Waals surface area contributed by atoms with E-state index in [1.165, 1.54) is 96.3 Å². The largest absolute Gasteiger partial charge is 0.298 e. The molecule has 106 valence electrons. The fraction of sp³-hybridized carbons (Fsp3) is 0.941. The summed E-state index contributed by atoms with van der Waals surface area (Å²) in [7, 11) is 0. The molecule has 1 aliphatic heterocycles. The minimum absolute atomic E-state index is 1.07. The molecule has 0 saturated carbocycles. The van der Waals surface area contributed by atoms with Gasteiger partial charge in [-0.2, -0.15) is 0 Å². The Balaban J connectivity index is 2.06. The Labute approximate surface area is 114 Å². The van der Waals surface area contributed by atoms with E-state index in [0.717, 1.165) is 6.54 Å². The van der Waals surface area contributed by atoms with E-state index in [1.807, 2.05) is 0 Å². The number of hydrogen-bond donors (Lipinski definition) is 0. The van der Waals surface area contributed by atoms with Gasteiger partial charge in [-0.05, 0) is 25.5 Å². The standard InChI is InChI=1S/C17H33N/c1-2-4-6-8-10-12-14-16-18-17-15-13-11-9-7-5-3-1/h16H,1-15,17H2. The Bertz CT molecular complexity index is 166. The zero-order valence-electron chi connectivity index (χ0n) is 12.3. The summed E-state index contributed by atoms with van der Waals surface area (Å²) in [5.41, 5.74) is 0. The highest BCUT2D eigenvalue weighted by atomic mass is 14.7. The molecule has 1 heterocycles. The summed E-state index contributed by atoms with van der Waals surface area (Å²) < 4.78 is 0. The average molecular weight is 251 g/mol. The van der Waals surface area contributed by atoms with E-state index in [0.29, 0.717) is 0 Å². The smallest absolute Gasteiger partial charge is 0.0385 e. The fourth-order valence-corrected chi connectivity index (χ4v) is 2.74. The summed E-state index contributed by atoms with van der Waals surface area (Å²) in [4.78, 5) is 4.51. The van der Waals surface area contributed by atoms with Crippen molar-refractivity contribution in [1.82, 2.24) is 0 Å². The molecule has 0 N–H and O–H groups in total. The molecule has 0 bridgehead atoms.